The van der Waals surface area contributed by atoms with Gasteiger partial charge in [-0.05, 0) is 49.9 Å². The topological polar surface area (TPSA) is 38.1 Å². The largest absolute Gasteiger partial charge is 0.445 e. The van der Waals surface area contributed by atoms with Crippen molar-refractivity contribution >= 4 is 0 Å². The average Bonchev–Trinajstić information content (AvgIpc) is 2.71. The second-order valence-electron chi connectivity index (χ2n) is 4.83. The van der Waals surface area contributed by atoms with Crippen molar-refractivity contribution < 1.29 is 4.42 Å². The van der Waals surface area contributed by atoms with Crippen LogP contribution in [-0.4, -0.2) is 4.98 Å². The summed E-state index contributed by atoms with van der Waals surface area (Å²) in [5, 5.41) is 3.36. The van der Waals surface area contributed by atoms with E-state index in [9.17, 15) is 0 Å². The molecule has 0 spiro atoms. The van der Waals surface area contributed by atoms with Crippen LogP contribution in [0.15, 0.2) is 22.7 Å². The molecule has 2 rings (SSSR count). The lowest BCUT2D eigenvalue weighted by Crippen LogP contribution is -2.14. The fourth-order valence-corrected chi connectivity index (χ4v) is 2.00. The minimum atomic E-state index is 0.667. The van der Waals surface area contributed by atoms with Gasteiger partial charge in [0.15, 0.2) is 0 Å². The maximum Gasteiger partial charge on any atom is 0.208 e. The molecule has 2 aromatic rings. The van der Waals surface area contributed by atoms with Gasteiger partial charge in [-0.3, -0.25) is 0 Å². The fourth-order valence-electron chi connectivity index (χ4n) is 2.00. The molecule has 1 heterocycles. The minimum absolute atomic E-state index is 0.667. The number of hydrogen-bond acceptors (Lipinski definition) is 3. The first kappa shape index (κ1) is 12.8. The molecule has 0 amide bonds. The summed E-state index contributed by atoms with van der Waals surface area (Å²) in [7, 11) is 0. The average molecular weight is 244 g/mol. The number of nitrogens with one attached hydrogen (secondary N) is 1. The summed E-state index contributed by atoms with van der Waals surface area (Å²) in [6.07, 6.45) is 1.75. The van der Waals surface area contributed by atoms with Crippen LogP contribution in [0.1, 0.15) is 33.9 Å². The maximum absolute atomic E-state index is 5.42. The predicted octanol–water partition coefficient (Wildman–Crippen LogP) is 3.20. The Hall–Kier alpha value is -1.61. The zero-order valence-electron chi connectivity index (χ0n) is 11.5. The summed E-state index contributed by atoms with van der Waals surface area (Å²) in [6, 6.07) is 4.49. The van der Waals surface area contributed by atoms with Gasteiger partial charge in [0.25, 0.3) is 0 Å². The molecule has 3 nitrogen and oxygen atoms in total. The van der Waals surface area contributed by atoms with E-state index >= 15 is 0 Å². The standard InChI is InChI=1S/C15H20N2O/c1-10-5-12(3)14(6-11(10)2)8-16-9-15-17-7-13(4)18-15/h5-7,16H,8-9H2,1-4H3. The van der Waals surface area contributed by atoms with E-state index in [0.29, 0.717) is 6.54 Å². The molecule has 0 fully saturated rings. The van der Waals surface area contributed by atoms with Gasteiger partial charge in [-0.2, -0.15) is 0 Å². The molecule has 0 atom stereocenters. The lowest BCUT2D eigenvalue weighted by Gasteiger charge is -2.10. The van der Waals surface area contributed by atoms with Crippen LogP contribution in [0.25, 0.3) is 0 Å². The molecule has 0 aliphatic heterocycles. The van der Waals surface area contributed by atoms with Crippen molar-refractivity contribution in [2.24, 2.45) is 0 Å². The van der Waals surface area contributed by atoms with Crippen LogP contribution in [0.4, 0.5) is 0 Å². The number of rotatable bonds is 4. The van der Waals surface area contributed by atoms with Crippen LogP contribution in [0.3, 0.4) is 0 Å². The lowest BCUT2D eigenvalue weighted by molar-refractivity contribution is 0.449. The fraction of sp³-hybridized carbons (Fsp3) is 0.400. The minimum Gasteiger partial charge on any atom is -0.445 e. The van der Waals surface area contributed by atoms with Gasteiger partial charge < -0.3 is 9.73 Å². The Balaban J connectivity index is 1.96. The Labute approximate surface area is 108 Å². The molecule has 18 heavy (non-hydrogen) atoms. The lowest BCUT2D eigenvalue weighted by atomic mass is 10.0. The molecule has 1 aromatic carbocycles. The number of nitrogens with zero attached hydrogens (tertiary/aromatic N) is 1. The summed E-state index contributed by atoms with van der Waals surface area (Å²) in [4.78, 5) is 4.17. The van der Waals surface area contributed by atoms with Gasteiger partial charge in [-0.15, -0.1) is 0 Å². The zero-order valence-corrected chi connectivity index (χ0v) is 11.5. The van der Waals surface area contributed by atoms with Crippen LogP contribution in [0.5, 0.6) is 0 Å². The van der Waals surface area contributed by atoms with E-state index in [1.54, 1.807) is 6.20 Å². The summed E-state index contributed by atoms with van der Waals surface area (Å²) in [6.45, 7) is 9.86. The van der Waals surface area contributed by atoms with E-state index in [2.05, 4.69) is 43.2 Å². The van der Waals surface area contributed by atoms with E-state index in [0.717, 1.165) is 18.2 Å². The van der Waals surface area contributed by atoms with Gasteiger partial charge in [-0.1, -0.05) is 12.1 Å². The third-order valence-electron chi connectivity index (χ3n) is 3.21. The van der Waals surface area contributed by atoms with Gasteiger partial charge in [0, 0.05) is 6.54 Å². The second kappa shape index (κ2) is 5.36. The first-order chi connectivity index (χ1) is 8.56. The van der Waals surface area contributed by atoms with E-state index in [1.165, 1.54) is 22.3 Å². The quantitative estimate of drug-likeness (QED) is 0.897. The Kier molecular flexibility index (Phi) is 3.82. The molecule has 0 unspecified atom stereocenters. The first-order valence-electron chi connectivity index (χ1n) is 6.25. The highest BCUT2D eigenvalue weighted by atomic mass is 16.4. The SMILES string of the molecule is Cc1cnc(CNCc2cc(C)c(C)cc2C)o1. The van der Waals surface area contributed by atoms with Crippen molar-refractivity contribution in [1.82, 2.24) is 10.3 Å². The number of benzene rings is 1. The first-order valence-corrected chi connectivity index (χ1v) is 6.25. The van der Waals surface area contributed by atoms with Crippen molar-refractivity contribution in [2.45, 2.75) is 40.8 Å². The smallest absolute Gasteiger partial charge is 0.208 e. The predicted molar refractivity (Wildman–Crippen MR) is 72.4 cm³/mol. The molecule has 0 saturated carbocycles. The summed E-state index contributed by atoms with van der Waals surface area (Å²) >= 11 is 0. The zero-order chi connectivity index (χ0) is 13.1. The molecule has 0 aliphatic carbocycles. The van der Waals surface area contributed by atoms with Gasteiger partial charge >= 0.3 is 0 Å². The number of aromatic nitrogens is 1. The van der Waals surface area contributed by atoms with Crippen LogP contribution in [0, 0.1) is 27.7 Å². The van der Waals surface area contributed by atoms with Gasteiger partial charge in [0.1, 0.15) is 5.76 Å². The number of aryl methyl sites for hydroxylation is 4. The van der Waals surface area contributed by atoms with Crippen LogP contribution in [0.2, 0.25) is 0 Å². The van der Waals surface area contributed by atoms with Crippen LogP contribution < -0.4 is 5.32 Å². The highest BCUT2D eigenvalue weighted by Gasteiger charge is 2.03. The summed E-state index contributed by atoms with van der Waals surface area (Å²) in [5.74, 6) is 1.60. The van der Waals surface area contributed by atoms with E-state index < -0.39 is 0 Å². The van der Waals surface area contributed by atoms with Crippen LogP contribution in [-0.2, 0) is 13.1 Å². The van der Waals surface area contributed by atoms with Crippen molar-refractivity contribution in [2.75, 3.05) is 0 Å². The van der Waals surface area contributed by atoms with E-state index in [1.807, 2.05) is 6.92 Å². The second-order valence-corrected chi connectivity index (χ2v) is 4.83. The Bertz CT molecular complexity index is 543. The highest BCUT2D eigenvalue weighted by molar-refractivity contribution is 5.36. The Morgan fingerprint density at radius 3 is 2.39 bits per heavy atom. The summed E-state index contributed by atoms with van der Waals surface area (Å²) in [5.41, 5.74) is 5.35. The molecule has 3 heteroatoms. The Morgan fingerprint density at radius 1 is 1.00 bits per heavy atom. The Morgan fingerprint density at radius 2 is 1.72 bits per heavy atom. The molecule has 96 valence electrons. The van der Waals surface area contributed by atoms with Crippen molar-refractivity contribution in [1.29, 1.82) is 0 Å². The van der Waals surface area contributed by atoms with Crippen molar-refractivity contribution in [3.05, 3.63) is 52.2 Å². The molecule has 0 aliphatic rings. The third-order valence-corrected chi connectivity index (χ3v) is 3.21. The molecular weight excluding hydrogens is 224 g/mol. The molecular formula is C15H20N2O. The molecule has 0 saturated heterocycles. The van der Waals surface area contributed by atoms with Crippen LogP contribution >= 0.6 is 0 Å². The normalized spacial score (nSPS) is 10.9. The van der Waals surface area contributed by atoms with E-state index in [4.69, 9.17) is 4.42 Å². The maximum atomic E-state index is 5.42. The molecule has 1 aromatic heterocycles. The monoisotopic (exact) mass is 244 g/mol. The highest BCUT2D eigenvalue weighted by Crippen LogP contribution is 2.15. The molecule has 0 radical (unpaired) electrons. The van der Waals surface area contributed by atoms with Crippen molar-refractivity contribution in [3.63, 3.8) is 0 Å². The summed E-state index contributed by atoms with van der Waals surface area (Å²) < 4.78 is 5.42. The van der Waals surface area contributed by atoms with Gasteiger partial charge in [0.2, 0.25) is 5.89 Å². The van der Waals surface area contributed by atoms with E-state index in [-0.39, 0.29) is 0 Å². The van der Waals surface area contributed by atoms with Gasteiger partial charge in [-0.25, -0.2) is 4.98 Å². The van der Waals surface area contributed by atoms with Gasteiger partial charge in [0.05, 0.1) is 12.7 Å². The van der Waals surface area contributed by atoms with Crippen molar-refractivity contribution in [3.8, 4) is 0 Å². The molecule has 1 N–H and O–H groups in total. The third kappa shape index (κ3) is 2.99. The number of hydrogen-bond donors (Lipinski definition) is 1. The number of oxazole rings is 1. The molecule has 0 bridgehead atoms.